The van der Waals surface area contributed by atoms with E-state index in [2.05, 4.69) is 22.3 Å². The quantitative estimate of drug-likeness (QED) is 0.344. The molecule has 1 aromatic heterocycles. The fourth-order valence-corrected chi connectivity index (χ4v) is 3.92. The van der Waals surface area contributed by atoms with Gasteiger partial charge in [-0.3, -0.25) is 0 Å². The van der Waals surface area contributed by atoms with Crippen molar-refractivity contribution in [3.8, 4) is 11.5 Å². The van der Waals surface area contributed by atoms with Gasteiger partial charge in [0.15, 0.2) is 11.5 Å². The van der Waals surface area contributed by atoms with Crippen LogP contribution in [0.25, 0.3) is 10.2 Å². The predicted octanol–water partition coefficient (Wildman–Crippen LogP) is 4.76. The van der Waals surface area contributed by atoms with Gasteiger partial charge in [0.1, 0.15) is 6.61 Å². The third-order valence-electron chi connectivity index (χ3n) is 4.49. The molecule has 146 valence electrons. The summed E-state index contributed by atoms with van der Waals surface area (Å²) in [6.45, 7) is 0.488. The number of aryl methyl sites for hydroxylation is 1. The summed E-state index contributed by atoms with van der Waals surface area (Å²) in [5, 5.41) is 8.63. The molecule has 4 rings (SSSR count). The minimum absolute atomic E-state index is 0.488. The molecule has 0 fully saturated rings. The highest BCUT2D eigenvalue weighted by atomic mass is 32.1. The largest absolute Gasteiger partial charge is 0.493 e. The number of aromatic nitrogens is 1. The Hall–Kier alpha value is -3.38. The highest BCUT2D eigenvalue weighted by Gasteiger charge is 2.06. The summed E-state index contributed by atoms with van der Waals surface area (Å²) in [5.74, 6) is 1.36. The second-order valence-electron chi connectivity index (χ2n) is 6.44. The minimum Gasteiger partial charge on any atom is -0.493 e. The lowest BCUT2D eigenvalue weighted by Crippen LogP contribution is -2.08. The van der Waals surface area contributed by atoms with Crippen molar-refractivity contribution in [1.29, 1.82) is 0 Å². The van der Waals surface area contributed by atoms with Gasteiger partial charge in [-0.1, -0.05) is 53.8 Å². The molecule has 0 atom stereocenters. The number of para-hydroxylation sites is 1. The first kappa shape index (κ1) is 19.0. The lowest BCUT2D eigenvalue weighted by Gasteiger charge is -2.11. The fraction of sp³-hybridized carbons (Fsp3) is 0.130. The van der Waals surface area contributed by atoms with Crippen LogP contribution < -0.4 is 14.3 Å². The van der Waals surface area contributed by atoms with E-state index in [9.17, 15) is 0 Å². The maximum absolute atomic E-state index is 5.90. The van der Waals surface area contributed by atoms with E-state index in [0.717, 1.165) is 21.4 Å². The second-order valence-corrected chi connectivity index (χ2v) is 7.45. The molecule has 0 N–H and O–H groups in total. The van der Waals surface area contributed by atoms with E-state index in [1.54, 1.807) is 24.7 Å². The molecule has 0 saturated carbocycles. The molecule has 0 aliphatic carbocycles. The molecule has 6 heteroatoms. The van der Waals surface area contributed by atoms with Gasteiger partial charge in [0.05, 0.1) is 23.5 Å². The van der Waals surface area contributed by atoms with E-state index < -0.39 is 0 Å². The molecule has 0 bridgehead atoms. The highest BCUT2D eigenvalue weighted by molar-refractivity contribution is 7.16. The van der Waals surface area contributed by atoms with Gasteiger partial charge in [0.2, 0.25) is 4.80 Å². The number of nitrogens with zero attached hydrogens (tertiary/aromatic N) is 3. The number of fused-ring (bicyclic) bond motifs is 1. The molecule has 5 nitrogen and oxygen atoms in total. The predicted molar refractivity (Wildman–Crippen MR) is 118 cm³/mol. The van der Waals surface area contributed by atoms with Crippen LogP contribution in [-0.2, 0) is 13.7 Å². The van der Waals surface area contributed by atoms with Gasteiger partial charge in [-0.15, -0.1) is 5.10 Å². The van der Waals surface area contributed by atoms with Crippen LogP contribution >= 0.6 is 11.3 Å². The Morgan fingerprint density at radius 2 is 1.76 bits per heavy atom. The zero-order valence-corrected chi connectivity index (χ0v) is 17.1. The van der Waals surface area contributed by atoms with Gasteiger partial charge in [-0.25, -0.2) is 0 Å². The molecule has 1 heterocycles. The molecular formula is C23H21N3O2S. The SMILES string of the molecule is COc1cc(/C=N\N=c2\sc3ccccc3n2C)ccc1OCc1ccccc1. The van der Waals surface area contributed by atoms with Gasteiger partial charge in [-0.05, 0) is 41.5 Å². The van der Waals surface area contributed by atoms with Gasteiger partial charge in [0.25, 0.3) is 0 Å². The standard InChI is InChI=1S/C23H21N3O2S/c1-26-19-10-6-7-11-22(19)29-23(26)25-24-15-18-12-13-20(21(14-18)27-2)28-16-17-8-4-3-5-9-17/h3-15H,16H2,1-2H3/b24-15-,25-23+. The maximum Gasteiger partial charge on any atom is 0.211 e. The second kappa shape index (κ2) is 8.75. The number of hydrogen-bond acceptors (Lipinski definition) is 5. The van der Waals surface area contributed by atoms with Crippen LogP contribution in [-0.4, -0.2) is 17.9 Å². The molecule has 0 aliphatic rings. The summed E-state index contributed by atoms with van der Waals surface area (Å²) < 4.78 is 14.6. The van der Waals surface area contributed by atoms with Crippen LogP contribution in [0.2, 0.25) is 0 Å². The van der Waals surface area contributed by atoms with Crippen LogP contribution in [0.3, 0.4) is 0 Å². The van der Waals surface area contributed by atoms with Crippen molar-refractivity contribution in [2.24, 2.45) is 17.3 Å². The summed E-state index contributed by atoms with van der Waals surface area (Å²) in [7, 11) is 3.63. The van der Waals surface area contributed by atoms with Gasteiger partial charge >= 0.3 is 0 Å². The Morgan fingerprint density at radius 1 is 0.966 bits per heavy atom. The third-order valence-corrected chi connectivity index (χ3v) is 5.59. The number of hydrogen-bond donors (Lipinski definition) is 0. The zero-order valence-electron chi connectivity index (χ0n) is 16.3. The van der Waals surface area contributed by atoms with E-state index in [-0.39, 0.29) is 0 Å². The average molecular weight is 404 g/mol. The van der Waals surface area contributed by atoms with E-state index in [1.165, 1.54) is 4.70 Å². The fourth-order valence-electron chi connectivity index (χ4n) is 2.94. The topological polar surface area (TPSA) is 48.1 Å². The number of benzene rings is 3. The summed E-state index contributed by atoms with van der Waals surface area (Å²) in [6.07, 6.45) is 1.72. The smallest absolute Gasteiger partial charge is 0.211 e. The molecule has 0 spiro atoms. The van der Waals surface area contributed by atoms with Crippen molar-refractivity contribution in [1.82, 2.24) is 4.57 Å². The number of methoxy groups -OCH3 is 1. The molecule has 0 radical (unpaired) electrons. The lowest BCUT2D eigenvalue weighted by atomic mass is 10.2. The van der Waals surface area contributed by atoms with Gasteiger partial charge < -0.3 is 14.0 Å². The first-order valence-corrected chi connectivity index (χ1v) is 10.0. The monoisotopic (exact) mass is 403 g/mol. The minimum atomic E-state index is 0.488. The Balaban J connectivity index is 1.52. The van der Waals surface area contributed by atoms with Crippen molar-refractivity contribution in [3.05, 3.63) is 88.7 Å². The number of rotatable bonds is 6. The molecule has 3 aromatic carbocycles. The van der Waals surface area contributed by atoms with Crippen LogP contribution in [0, 0.1) is 0 Å². The molecule has 0 amide bonds. The van der Waals surface area contributed by atoms with Crippen molar-refractivity contribution in [3.63, 3.8) is 0 Å². The summed E-state index contributed by atoms with van der Waals surface area (Å²) >= 11 is 1.61. The molecule has 4 aromatic rings. The average Bonchev–Trinajstić information content (AvgIpc) is 3.09. The highest BCUT2D eigenvalue weighted by Crippen LogP contribution is 2.28. The Labute approximate surface area is 173 Å². The third kappa shape index (κ3) is 4.38. The first-order valence-electron chi connectivity index (χ1n) is 9.21. The van der Waals surface area contributed by atoms with E-state index >= 15 is 0 Å². The van der Waals surface area contributed by atoms with Crippen molar-refractivity contribution >= 4 is 27.8 Å². The first-order chi connectivity index (χ1) is 14.2. The zero-order chi connectivity index (χ0) is 20.1. The van der Waals surface area contributed by atoms with Crippen LogP contribution in [0.15, 0.2) is 83.0 Å². The molecule has 0 unspecified atom stereocenters. The van der Waals surface area contributed by atoms with Crippen LogP contribution in [0.1, 0.15) is 11.1 Å². The lowest BCUT2D eigenvalue weighted by molar-refractivity contribution is 0.284. The normalized spacial score (nSPS) is 12.0. The number of thiazole rings is 1. The van der Waals surface area contributed by atoms with E-state index in [1.807, 2.05) is 72.3 Å². The molecular weight excluding hydrogens is 382 g/mol. The van der Waals surface area contributed by atoms with Crippen molar-refractivity contribution in [2.45, 2.75) is 6.61 Å². The Morgan fingerprint density at radius 3 is 2.55 bits per heavy atom. The number of ether oxygens (including phenoxy) is 2. The van der Waals surface area contributed by atoms with Gasteiger partial charge in [-0.2, -0.15) is 5.10 Å². The van der Waals surface area contributed by atoms with Crippen LogP contribution in [0.5, 0.6) is 11.5 Å². The molecule has 0 aliphatic heterocycles. The summed E-state index contributed by atoms with van der Waals surface area (Å²) in [6, 6.07) is 24.0. The van der Waals surface area contributed by atoms with Gasteiger partial charge in [0, 0.05) is 7.05 Å². The van der Waals surface area contributed by atoms with Crippen LogP contribution in [0.4, 0.5) is 0 Å². The summed E-state index contributed by atoms with van der Waals surface area (Å²) in [4.78, 5) is 0.845. The van der Waals surface area contributed by atoms with E-state index in [4.69, 9.17) is 9.47 Å². The molecule has 29 heavy (non-hydrogen) atoms. The Bertz CT molecular complexity index is 1210. The summed E-state index contributed by atoms with van der Waals surface area (Å²) in [5.41, 5.74) is 3.14. The maximum atomic E-state index is 5.90. The molecule has 0 saturated heterocycles. The Kier molecular flexibility index (Phi) is 5.72. The van der Waals surface area contributed by atoms with E-state index in [0.29, 0.717) is 18.1 Å². The van der Waals surface area contributed by atoms with Crippen molar-refractivity contribution in [2.75, 3.05) is 7.11 Å². The van der Waals surface area contributed by atoms with Crippen molar-refractivity contribution < 1.29 is 9.47 Å².